The third-order valence-electron chi connectivity index (χ3n) is 4.53. The van der Waals surface area contributed by atoms with Crippen LogP contribution in [0, 0.1) is 11.6 Å². The smallest absolute Gasteiger partial charge is 0.167 e. The lowest BCUT2D eigenvalue weighted by Crippen LogP contribution is -2.34. The molecule has 1 aromatic carbocycles. The molecular weight excluding hydrogens is 364 g/mol. The number of aromatic nitrogens is 4. The second-order valence-electron chi connectivity index (χ2n) is 6.17. The average molecular weight is 379 g/mol. The van der Waals surface area contributed by atoms with Crippen molar-refractivity contribution >= 4 is 17.0 Å². The predicted molar refractivity (Wildman–Crippen MR) is 87.0 cm³/mol. The van der Waals surface area contributed by atoms with Crippen molar-refractivity contribution in [3.05, 3.63) is 48.1 Å². The monoisotopic (exact) mass is 379 g/mol. The van der Waals surface area contributed by atoms with Crippen molar-refractivity contribution in [2.75, 3.05) is 5.73 Å². The zero-order chi connectivity index (χ0) is 19.3. The number of rotatable bonds is 3. The lowest BCUT2D eigenvalue weighted by molar-refractivity contribution is -0.0850. The fourth-order valence-corrected chi connectivity index (χ4v) is 3.12. The molecule has 2 aromatic heterocycles. The Kier molecular flexibility index (Phi) is 4.23. The van der Waals surface area contributed by atoms with Gasteiger partial charge in [0, 0.05) is 0 Å². The van der Waals surface area contributed by atoms with Gasteiger partial charge in [-0.15, -0.1) is 0 Å². The first kappa shape index (κ1) is 17.7. The Hall–Kier alpha value is -2.73. The number of fused-ring (bicyclic) bond motifs is 1. The summed E-state index contributed by atoms with van der Waals surface area (Å²) >= 11 is 0. The van der Waals surface area contributed by atoms with Gasteiger partial charge in [0.1, 0.15) is 36.3 Å². The number of imidazole rings is 1. The maximum atomic E-state index is 13.4. The van der Waals surface area contributed by atoms with Gasteiger partial charge in [-0.2, -0.15) is 0 Å². The Morgan fingerprint density at radius 1 is 1.11 bits per heavy atom. The average Bonchev–Trinajstić information content (AvgIpc) is 3.20. The van der Waals surface area contributed by atoms with Crippen LogP contribution in [0.3, 0.4) is 0 Å². The van der Waals surface area contributed by atoms with Gasteiger partial charge in [0.25, 0.3) is 0 Å². The number of aliphatic hydroxyl groups is 3. The lowest BCUT2D eigenvalue weighted by atomic mass is 9.99. The molecule has 3 heterocycles. The largest absolute Gasteiger partial charge is 0.387 e. The highest BCUT2D eigenvalue weighted by atomic mass is 19.2. The first-order valence-corrected chi connectivity index (χ1v) is 7.96. The van der Waals surface area contributed by atoms with Crippen LogP contribution in [0.2, 0.25) is 0 Å². The van der Waals surface area contributed by atoms with Crippen LogP contribution in [0.1, 0.15) is 17.9 Å². The Labute approximate surface area is 150 Å². The molecule has 0 radical (unpaired) electrons. The first-order valence-electron chi connectivity index (χ1n) is 7.96. The van der Waals surface area contributed by atoms with Crippen molar-refractivity contribution in [2.24, 2.45) is 0 Å². The van der Waals surface area contributed by atoms with E-state index in [-0.39, 0.29) is 22.5 Å². The molecular formula is C16H15F2N5O4. The molecule has 5 atom stereocenters. The molecule has 0 spiro atoms. The van der Waals surface area contributed by atoms with Crippen LogP contribution in [0.15, 0.2) is 30.9 Å². The predicted octanol–water partition coefficient (Wildman–Crippen LogP) is 0.0395. The molecule has 0 amide bonds. The standard InChI is InChI=1S/C16H15F2N5O4/c17-7-2-1-6(3-8(7)18)10(24)13-11(25)12(26)16(27-13)23-5-22-9-14(19)20-4-21-15(9)23/h1-5,10-13,16,24-26H,(H2,19,20,21)/t10-,11-,12+,13-,16-/m1/s1. The Balaban J connectivity index is 1.66. The molecule has 11 heteroatoms. The quantitative estimate of drug-likeness (QED) is 0.500. The van der Waals surface area contributed by atoms with Gasteiger partial charge in [-0.25, -0.2) is 23.7 Å². The summed E-state index contributed by atoms with van der Waals surface area (Å²) in [7, 11) is 0. The summed E-state index contributed by atoms with van der Waals surface area (Å²) in [5.74, 6) is -2.09. The van der Waals surface area contributed by atoms with E-state index in [4.69, 9.17) is 10.5 Å². The molecule has 0 bridgehead atoms. The number of nitrogens with two attached hydrogens (primary N) is 1. The van der Waals surface area contributed by atoms with Gasteiger partial charge in [0.2, 0.25) is 0 Å². The Morgan fingerprint density at radius 2 is 1.89 bits per heavy atom. The minimum absolute atomic E-state index is 0.00661. The summed E-state index contributed by atoms with van der Waals surface area (Å²) in [6.07, 6.45) is -4.37. The van der Waals surface area contributed by atoms with Gasteiger partial charge in [0.05, 0.1) is 6.33 Å². The van der Waals surface area contributed by atoms with Gasteiger partial charge in [-0.05, 0) is 17.7 Å². The van der Waals surface area contributed by atoms with Crippen molar-refractivity contribution < 1.29 is 28.8 Å². The molecule has 0 saturated carbocycles. The first-order chi connectivity index (χ1) is 12.9. The van der Waals surface area contributed by atoms with Gasteiger partial charge in [-0.3, -0.25) is 4.57 Å². The minimum atomic E-state index is -1.51. The van der Waals surface area contributed by atoms with Gasteiger partial charge < -0.3 is 25.8 Å². The topological polar surface area (TPSA) is 140 Å². The van der Waals surface area contributed by atoms with Crippen LogP contribution < -0.4 is 5.73 Å². The summed E-state index contributed by atoms with van der Waals surface area (Å²) in [4.78, 5) is 11.9. The summed E-state index contributed by atoms with van der Waals surface area (Å²) in [5, 5.41) is 31.1. The number of anilines is 1. The Morgan fingerprint density at radius 3 is 2.63 bits per heavy atom. The number of hydrogen-bond donors (Lipinski definition) is 4. The molecule has 1 saturated heterocycles. The van der Waals surface area contributed by atoms with Gasteiger partial charge in [0.15, 0.2) is 29.3 Å². The number of benzene rings is 1. The highest BCUT2D eigenvalue weighted by Crippen LogP contribution is 2.37. The second-order valence-corrected chi connectivity index (χ2v) is 6.17. The third kappa shape index (κ3) is 2.80. The van der Waals surface area contributed by atoms with Crippen LogP contribution in [-0.2, 0) is 4.74 Å². The SMILES string of the molecule is Nc1ncnc2c1ncn2[C@@H]1O[C@H]([C@H](O)c2ccc(F)c(F)c2)[C@H](O)[C@@H]1O. The molecule has 4 rings (SSSR count). The van der Waals surface area contributed by atoms with Crippen LogP contribution >= 0.6 is 0 Å². The minimum Gasteiger partial charge on any atom is -0.387 e. The molecule has 3 aromatic rings. The molecule has 1 aliphatic rings. The van der Waals surface area contributed by atoms with E-state index < -0.39 is 42.3 Å². The van der Waals surface area contributed by atoms with E-state index in [2.05, 4.69) is 15.0 Å². The maximum Gasteiger partial charge on any atom is 0.167 e. The summed E-state index contributed by atoms with van der Waals surface area (Å²) in [6.45, 7) is 0. The van der Waals surface area contributed by atoms with E-state index in [0.717, 1.165) is 12.1 Å². The van der Waals surface area contributed by atoms with E-state index in [1.54, 1.807) is 0 Å². The van der Waals surface area contributed by atoms with Crippen LogP contribution in [0.4, 0.5) is 14.6 Å². The fourth-order valence-electron chi connectivity index (χ4n) is 3.12. The highest BCUT2D eigenvalue weighted by molar-refractivity contribution is 5.81. The molecule has 1 fully saturated rings. The van der Waals surface area contributed by atoms with Crippen LogP contribution in [0.5, 0.6) is 0 Å². The van der Waals surface area contributed by atoms with Crippen molar-refractivity contribution in [3.63, 3.8) is 0 Å². The summed E-state index contributed by atoms with van der Waals surface area (Å²) < 4.78 is 33.5. The van der Waals surface area contributed by atoms with Crippen molar-refractivity contribution in [2.45, 2.75) is 30.6 Å². The number of nitrogens with zero attached hydrogens (tertiary/aromatic N) is 4. The van der Waals surface area contributed by atoms with E-state index in [1.165, 1.54) is 23.3 Å². The number of ether oxygens (including phenoxy) is 1. The zero-order valence-corrected chi connectivity index (χ0v) is 13.6. The number of hydrogen-bond acceptors (Lipinski definition) is 8. The molecule has 27 heavy (non-hydrogen) atoms. The lowest BCUT2D eigenvalue weighted by Gasteiger charge is -2.21. The summed E-state index contributed by atoms with van der Waals surface area (Å²) in [6, 6.07) is 2.82. The molecule has 9 nitrogen and oxygen atoms in total. The van der Waals surface area contributed by atoms with Crippen molar-refractivity contribution in [1.82, 2.24) is 19.5 Å². The Bertz CT molecular complexity index is 1000. The second kappa shape index (κ2) is 6.46. The number of nitrogen functional groups attached to an aromatic ring is 1. The number of aliphatic hydroxyl groups excluding tert-OH is 3. The maximum absolute atomic E-state index is 13.4. The normalized spacial score (nSPS) is 26.6. The van der Waals surface area contributed by atoms with Gasteiger partial charge in [-0.1, -0.05) is 6.07 Å². The summed E-state index contributed by atoms with van der Waals surface area (Å²) in [5.41, 5.74) is 6.27. The number of halogens is 2. The van der Waals surface area contributed by atoms with Crippen molar-refractivity contribution in [3.8, 4) is 0 Å². The zero-order valence-electron chi connectivity index (χ0n) is 13.6. The van der Waals surface area contributed by atoms with Gasteiger partial charge >= 0.3 is 0 Å². The van der Waals surface area contributed by atoms with E-state index in [0.29, 0.717) is 0 Å². The third-order valence-corrected chi connectivity index (χ3v) is 4.53. The van der Waals surface area contributed by atoms with Crippen LogP contribution in [0.25, 0.3) is 11.2 Å². The van der Waals surface area contributed by atoms with E-state index >= 15 is 0 Å². The van der Waals surface area contributed by atoms with Crippen LogP contribution in [-0.4, -0.2) is 53.2 Å². The molecule has 0 unspecified atom stereocenters. The fraction of sp³-hybridized carbons (Fsp3) is 0.312. The highest BCUT2D eigenvalue weighted by Gasteiger charge is 2.47. The molecule has 0 aliphatic carbocycles. The van der Waals surface area contributed by atoms with Crippen molar-refractivity contribution in [1.29, 1.82) is 0 Å². The van der Waals surface area contributed by atoms with E-state index in [9.17, 15) is 24.1 Å². The molecule has 1 aliphatic heterocycles. The van der Waals surface area contributed by atoms with E-state index in [1.807, 2.05) is 0 Å². The molecule has 5 N–H and O–H groups in total. The molecule has 142 valence electrons.